The maximum absolute atomic E-state index is 13.4. The second-order valence-corrected chi connectivity index (χ2v) is 10.1. The van der Waals surface area contributed by atoms with Gasteiger partial charge in [0.15, 0.2) is 0 Å². The van der Waals surface area contributed by atoms with Gasteiger partial charge in [0.05, 0.1) is 36.8 Å². The fourth-order valence-electron chi connectivity index (χ4n) is 4.84. The largest absolute Gasteiger partial charge is 0.494 e. The van der Waals surface area contributed by atoms with E-state index in [1.165, 1.54) is 16.7 Å². The van der Waals surface area contributed by atoms with Gasteiger partial charge < -0.3 is 30.8 Å². The molecule has 0 bridgehead atoms. The van der Waals surface area contributed by atoms with E-state index in [-0.39, 0.29) is 5.91 Å². The number of nitrogen functional groups attached to an aromatic ring is 1. The molecular formula is C24H28N6O3S. The van der Waals surface area contributed by atoms with Crippen LogP contribution in [-0.4, -0.2) is 60.4 Å². The molecule has 0 spiro atoms. The lowest BCUT2D eigenvalue weighted by molar-refractivity contribution is -0.146. The number of anilines is 3. The molecule has 2 aliphatic rings. The number of rotatable bonds is 5. The highest BCUT2D eigenvalue weighted by Gasteiger charge is 2.41. The Labute approximate surface area is 201 Å². The van der Waals surface area contributed by atoms with Crippen molar-refractivity contribution in [1.29, 1.82) is 5.41 Å². The van der Waals surface area contributed by atoms with E-state index in [2.05, 4.69) is 22.2 Å². The lowest BCUT2D eigenvalue weighted by Crippen LogP contribution is -2.49. The predicted molar refractivity (Wildman–Crippen MR) is 134 cm³/mol. The highest BCUT2D eigenvalue weighted by Crippen LogP contribution is 2.45. The van der Waals surface area contributed by atoms with Crippen LogP contribution in [0.1, 0.15) is 29.3 Å². The van der Waals surface area contributed by atoms with Crippen molar-refractivity contribution < 1.29 is 14.3 Å². The van der Waals surface area contributed by atoms with E-state index in [0.717, 1.165) is 23.1 Å². The lowest BCUT2D eigenvalue weighted by Gasteiger charge is -2.38. The molecule has 0 saturated carbocycles. The zero-order chi connectivity index (χ0) is 23.9. The molecule has 2 aromatic heterocycles. The lowest BCUT2D eigenvalue weighted by atomic mass is 9.74. The van der Waals surface area contributed by atoms with Crippen molar-refractivity contribution in [3.05, 3.63) is 34.5 Å². The third kappa shape index (κ3) is 3.86. The molecule has 5 rings (SSSR count). The second kappa shape index (κ2) is 8.84. The molecule has 1 atom stereocenters. The molecule has 3 heterocycles. The second-order valence-electron chi connectivity index (χ2n) is 9.00. The predicted octanol–water partition coefficient (Wildman–Crippen LogP) is 3.38. The molecule has 3 aromatic rings. The number of morpholine rings is 1. The van der Waals surface area contributed by atoms with E-state index in [0.29, 0.717) is 61.2 Å². The minimum Gasteiger partial charge on any atom is -0.494 e. The monoisotopic (exact) mass is 480 g/mol. The van der Waals surface area contributed by atoms with Crippen molar-refractivity contribution >= 4 is 50.9 Å². The quantitative estimate of drug-likeness (QED) is 0.377. The number of hydrogen-bond acceptors (Lipinski definition) is 9. The molecule has 1 fully saturated rings. The number of aryl methyl sites for hydroxylation is 1. The fraction of sp³-hybridized carbons (Fsp3) is 0.417. The molecule has 0 unspecified atom stereocenters. The van der Waals surface area contributed by atoms with E-state index >= 15 is 0 Å². The van der Waals surface area contributed by atoms with E-state index < -0.39 is 5.41 Å². The van der Waals surface area contributed by atoms with Crippen LogP contribution in [0.25, 0.3) is 10.2 Å². The number of nitrogens with two attached hydrogens (primary N) is 1. The first-order valence-corrected chi connectivity index (χ1v) is 12.1. The molecule has 178 valence electrons. The average molecular weight is 481 g/mol. The Morgan fingerprint density at radius 1 is 1.35 bits per heavy atom. The summed E-state index contributed by atoms with van der Waals surface area (Å²) in [6.45, 7) is 4.62. The smallest absolute Gasteiger partial charge is 0.229 e. The normalized spacial score (nSPS) is 20.1. The van der Waals surface area contributed by atoms with Gasteiger partial charge >= 0.3 is 0 Å². The van der Waals surface area contributed by atoms with Gasteiger partial charge in [-0.05, 0) is 30.9 Å². The number of fused-ring (bicyclic) bond motifs is 3. The van der Waals surface area contributed by atoms with Crippen LogP contribution in [0.15, 0.2) is 18.5 Å². The highest BCUT2D eigenvalue weighted by molar-refractivity contribution is 7.19. The minimum atomic E-state index is -0.425. The molecule has 10 heteroatoms. The number of nitrogens with one attached hydrogen (secondary N) is 2. The molecule has 1 amide bonds. The van der Waals surface area contributed by atoms with Gasteiger partial charge in [0.2, 0.25) is 5.91 Å². The molecule has 1 aliphatic heterocycles. The zero-order valence-electron chi connectivity index (χ0n) is 19.3. The number of hydrogen-bond donors (Lipinski definition) is 3. The van der Waals surface area contributed by atoms with E-state index in [9.17, 15) is 4.79 Å². The third-order valence-corrected chi connectivity index (χ3v) is 7.92. The summed E-state index contributed by atoms with van der Waals surface area (Å²) >= 11 is 1.64. The number of carbonyl (C=O) groups excluding carboxylic acids is 1. The number of methoxy groups -OCH3 is 1. The zero-order valence-corrected chi connectivity index (χ0v) is 20.1. The Kier molecular flexibility index (Phi) is 5.86. The van der Waals surface area contributed by atoms with Gasteiger partial charge in [0, 0.05) is 41.5 Å². The number of amides is 1. The van der Waals surface area contributed by atoms with Crippen LogP contribution in [-0.2, 0) is 22.4 Å². The summed E-state index contributed by atoms with van der Waals surface area (Å²) in [5.41, 5.74) is 8.55. The number of benzene rings is 1. The Morgan fingerprint density at radius 3 is 2.88 bits per heavy atom. The van der Waals surface area contributed by atoms with E-state index in [1.807, 2.05) is 4.90 Å². The van der Waals surface area contributed by atoms with Crippen LogP contribution >= 0.6 is 11.3 Å². The highest BCUT2D eigenvalue weighted by atomic mass is 32.1. The molecule has 1 aliphatic carbocycles. The Morgan fingerprint density at radius 2 is 2.15 bits per heavy atom. The number of nitrogens with zero attached hydrogens (tertiary/aromatic N) is 3. The summed E-state index contributed by atoms with van der Waals surface area (Å²) in [7, 11) is 1.58. The minimum absolute atomic E-state index is 0.217. The Hall–Kier alpha value is -3.24. The van der Waals surface area contributed by atoms with Gasteiger partial charge in [0.1, 0.15) is 22.7 Å². The average Bonchev–Trinajstić information content (AvgIpc) is 3.23. The van der Waals surface area contributed by atoms with E-state index in [1.54, 1.807) is 36.9 Å². The van der Waals surface area contributed by atoms with Crippen LogP contribution in [0.3, 0.4) is 0 Å². The number of ether oxygens (including phenoxy) is 2. The summed E-state index contributed by atoms with van der Waals surface area (Å²) in [5, 5.41) is 12.0. The summed E-state index contributed by atoms with van der Waals surface area (Å²) in [6.07, 6.45) is 5.02. The van der Waals surface area contributed by atoms with Crippen LogP contribution in [0.2, 0.25) is 0 Å². The van der Waals surface area contributed by atoms with Crippen molar-refractivity contribution in [3.8, 4) is 5.75 Å². The number of aromatic nitrogens is 2. The van der Waals surface area contributed by atoms with Crippen molar-refractivity contribution in [2.24, 2.45) is 5.41 Å². The topological polar surface area (TPSA) is 126 Å². The van der Waals surface area contributed by atoms with Crippen molar-refractivity contribution in [2.75, 3.05) is 44.5 Å². The third-order valence-electron chi connectivity index (χ3n) is 6.78. The van der Waals surface area contributed by atoms with Crippen molar-refractivity contribution in [1.82, 2.24) is 14.9 Å². The van der Waals surface area contributed by atoms with Crippen molar-refractivity contribution in [3.63, 3.8) is 0 Å². The van der Waals surface area contributed by atoms with Gasteiger partial charge in [-0.25, -0.2) is 9.97 Å². The standard InChI is InChI=1S/C24H28N6O3S/c1-24(23(31)30-5-7-33-8-6-30)4-3-15-19(11-24)34-22-20(15)21(27-13-28-22)29-17-9-14(12-25)16(26)10-18(17)32-2/h9-10,12-13,25H,3-8,11,26H2,1-2H3,(H,27,28,29)/t24-/m0/s1. The summed E-state index contributed by atoms with van der Waals surface area (Å²) in [4.78, 5) is 26.5. The Bertz CT molecular complexity index is 1270. The molecule has 1 aromatic carbocycles. The molecule has 4 N–H and O–H groups in total. The SMILES string of the molecule is COc1cc(N)c(C=N)cc1Nc1ncnc2sc3c(c12)CC[C@](C)(C(=O)N1CCOCC1)C3. The molecule has 1 saturated heterocycles. The van der Waals surface area contributed by atoms with Gasteiger partial charge in [0.25, 0.3) is 0 Å². The van der Waals surface area contributed by atoms with Gasteiger partial charge in [-0.15, -0.1) is 11.3 Å². The molecule has 34 heavy (non-hydrogen) atoms. The molecule has 9 nitrogen and oxygen atoms in total. The first-order chi connectivity index (χ1) is 16.4. The number of carbonyl (C=O) groups is 1. The Balaban J connectivity index is 1.49. The maximum Gasteiger partial charge on any atom is 0.229 e. The van der Waals surface area contributed by atoms with Gasteiger partial charge in [-0.2, -0.15) is 0 Å². The molecular weight excluding hydrogens is 452 g/mol. The van der Waals surface area contributed by atoms with Crippen molar-refractivity contribution in [2.45, 2.75) is 26.2 Å². The summed E-state index contributed by atoms with van der Waals surface area (Å²) < 4.78 is 10.9. The van der Waals surface area contributed by atoms with Gasteiger partial charge in [-0.3, -0.25) is 4.79 Å². The maximum atomic E-state index is 13.4. The fourth-order valence-corrected chi connectivity index (χ4v) is 6.22. The molecule has 0 radical (unpaired) electrons. The first kappa shape index (κ1) is 22.5. The number of thiophene rings is 1. The van der Waals surface area contributed by atoms with Gasteiger partial charge in [-0.1, -0.05) is 6.92 Å². The summed E-state index contributed by atoms with van der Waals surface area (Å²) in [5.74, 6) is 1.47. The van der Waals surface area contributed by atoms with Crippen LogP contribution in [0, 0.1) is 10.8 Å². The van der Waals surface area contributed by atoms with Crippen LogP contribution in [0.5, 0.6) is 5.75 Å². The first-order valence-electron chi connectivity index (χ1n) is 11.3. The van der Waals surface area contributed by atoms with Crippen LogP contribution in [0.4, 0.5) is 17.2 Å². The van der Waals surface area contributed by atoms with Crippen LogP contribution < -0.4 is 15.8 Å². The summed E-state index contributed by atoms with van der Waals surface area (Å²) in [6, 6.07) is 3.48. The van der Waals surface area contributed by atoms with E-state index in [4.69, 9.17) is 20.6 Å².